The highest BCUT2D eigenvalue weighted by atomic mass is 35.5. The monoisotopic (exact) mass is 312 g/mol. The molecule has 1 aromatic heterocycles. The van der Waals surface area contributed by atoms with E-state index in [0.717, 1.165) is 12.1 Å². The number of benzene rings is 1. The topological polar surface area (TPSA) is 24.9 Å². The Balaban J connectivity index is 2.28. The molecule has 0 fully saturated rings. The summed E-state index contributed by atoms with van der Waals surface area (Å²) in [6.45, 7) is 2.76. The standard InChI is InChI=1S/C15H15Cl2FN2/c1-2-20-15(12-5-6-19-9-13(12)17)7-10-3-4-11(16)8-14(10)18/h3-6,8-9,15,20H,2,7H2,1H3. The molecule has 0 radical (unpaired) electrons. The molecule has 1 N–H and O–H groups in total. The third-order valence-electron chi connectivity index (χ3n) is 3.07. The lowest BCUT2D eigenvalue weighted by atomic mass is 9.99. The maximum atomic E-state index is 13.9. The molecule has 0 saturated carbocycles. The van der Waals surface area contributed by atoms with Gasteiger partial charge in [0.2, 0.25) is 0 Å². The van der Waals surface area contributed by atoms with E-state index in [9.17, 15) is 4.39 Å². The van der Waals surface area contributed by atoms with Crippen LogP contribution in [0.5, 0.6) is 0 Å². The molecule has 0 spiro atoms. The van der Waals surface area contributed by atoms with Gasteiger partial charge in [0, 0.05) is 23.5 Å². The summed E-state index contributed by atoms with van der Waals surface area (Å²) in [6.07, 6.45) is 3.78. The van der Waals surface area contributed by atoms with Crippen LogP contribution in [0.15, 0.2) is 36.7 Å². The first-order valence-corrected chi connectivity index (χ1v) is 7.14. The molecule has 106 valence electrons. The highest BCUT2D eigenvalue weighted by molar-refractivity contribution is 6.31. The second kappa shape index (κ2) is 7.02. The van der Waals surface area contributed by atoms with Crippen molar-refractivity contribution in [2.45, 2.75) is 19.4 Å². The van der Waals surface area contributed by atoms with Gasteiger partial charge < -0.3 is 5.32 Å². The van der Waals surface area contributed by atoms with Crippen LogP contribution in [-0.4, -0.2) is 11.5 Å². The Hall–Kier alpha value is -1.16. The fraction of sp³-hybridized carbons (Fsp3) is 0.267. The number of halogens is 3. The zero-order valence-corrected chi connectivity index (χ0v) is 12.5. The van der Waals surface area contributed by atoms with Gasteiger partial charge in [0.15, 0.2) is 0 Å². The van der Waals surface area contributed by atoms with Crippen LogP contribution in [0.25, 0.3) is 0 Å². The molecule has 0 bridgehead atoms. The van der Waals surface area contributed by atoms with Crippen LogP contribution in [0.2, 0.25) is 10.0 Å². The molecule has 20 heavy (non-hydrogen) atoms. The van der Waals surface area contributed by atoms with Gasteiger partial charge in [-0.2, -0.15) is 0 Å². The second-order valence-electron chi connectivity index (χ2n) is 4.45. The first-order valence-electron chi connectivity index (χ1n) is 6.38. The Kier molecular flexibility index (Phi) is 5.35. The zero-order valence-electron chi connectivity index (χ0n) is 11.0. The number of aromatic nitrogens is 1. The summed E-state index contributed by atoms with van der Waals surface area (Å²) in [6, 6.07) is 6.51. The number of hydrogen-bond donors (Lipinski definition) is 1. The van der Waals surface area contributed by atoms with Crippen LogP contribution < -0.4 is 5.32 Å². The molecule has 1 atom stereocenters. The van der Waals surface area contributed by atoms with Gasteiger partial charge in [-0.15, -0.1) is 0 Å². The van der Waals surface area contributed by atoms with Crippen LogP contribution in [0, 0.1) is 5.82 Å². The van der Waals surface area contributed by atoms with E-state index in [-0.39, 0.29) is 11.9 Å². The van der Waals surface area contributed by atoms with E-state index in [1.807, 2.05) is 13.0 Å². The first kappa shape index (κ1) is 15.2. The maximum absolute atomic E-state index is 13.9. The Morgan fingerprint density at radius 1 is 1.30 bits per heavy atom. The Morgan fingerprint density at radius 2 is 2.10 bits per heavy atom. The lowest BCUT2D eigenvalue weighted by molar-refractivity contribution is 0.528. The van der Waals surface area contributed by atoms with Crippen molar-refractivity contribution in [3.63, 3.8) is 0 Å². The number of nitrogens with one attached hydrogen (secondary N) is 1. The van der Waals surface area contributed by atoms with Crippen molar-refractivity contribution in [3.8, 4) is 0 Å². The molecular weight excluding hydrogens is 298 g/mol. The van der Waals surface area contributed by atoms with Crippen molar-refractivity contribution in [2.24, 2.45) is 0 Å². The Labute approximate surface area is 127 Å². The van der Waals surface area contributed by atoms with Crippen LogP contribution in [-0.2, 0) is 6.42 Å². The molecule has 0 aliphatic rings. The predicted octanol–water partition coefficient (Wildman–Crippen LogP) is 4.42. The SMILES string of the molecule is CCNC(Cc1ccc(Cl)cc1F)c1ccncc1Cl. The number of hydrogen-bond acceptors (Lipinski definition) is 2. The van der Waals surface area contributed by atoms with Gasteiger partial charge in [-0.1, -0.05) is 36.2 Å². The fourth-order valence-corrected chi connectivity index (χ4v) is 2.52. The molecule has 0 saturated heterocycles. The van der Waals surface area contributed by atoms with Gasteiger partial charge in [0.25, 0.3) is 0 Å². The van der Waals surface area contributed by atoms with E-state index < -0.39 is 0 Å². The van der Waals surface area contributed by atoms with Crippen LogP contribution in [0.4, 0.5) is 4.39 Å². The summed E-state index contributed by atoms with van der Waals surface area (Å²) in [5.74, 6) is -0.300. The first-order chi connectivity index (χ1) is 9.61. The molecule has 5 heteroatoms. The largest absolute Gasteiger partial charge is 0.310 e. The van der Waals surface area contributed by atoms with E-state index in [0.29, 0.717) is 22.0 Å². The molecule has 2 nitrogen and oxygen atoms in total. The summed E-state index contributed by atoms with van der Waals surface area (Å²) in [5.41, 5.74) is 1.52. The fourth-order valence-electron chi connectivity index (χ4n) is 2.11. The molecule has 1 aromatic carbocycles. The van der Waals surface area contributed by atoms with Crippen LogP contribution >= 0.6 is 23.2 Å². The van der Waals surface area contributed by atoms with Crippen molar-refractivity contribution in [1.82, 2.24) is 10.3 Å². The molecule has 1 heterocycles. The lowest BCUT2D eigenvalue weighted by Crippen LogP contribution is -2.23. The summed E-state index contributed by atoms with van der Waals surface area (Å²) >= 11 is 11.9. The third kappa shape index (κ3) is 3.69. The Morgan fingerprint density at radius 3 is 2.75 bits per heavy atom. The van der Waals surface area contributed by atoms with Crippen molar-refractivity contribution in [3.05, 3.63) is 63.6 Å². The highest BCUT2D eigenvalue weighted by Gasteiger charge is 2.16. The van der Waals surface area contributed by atoms with Crippen molar-refractivity contribution in [2.75, 3.05) is 6.54 Å². The van der Waals surface area contributed by atoms with E-state index in [2.05, 4.69) is 10.3 Å². The van der Waals surface area contributed by atoms with E-state index in [4.69, 9.17) is 23.2 Å². The van der Waals surface area contributed by atoms with Crippen LogP contribution in [0.1, 0.15) is 24.1 Å². The normalized spacial score (nSPS) is 12.4. The van der Waals surface area contributed by atoms with Crippen LogP contribution in [0.3, 0.4) is 0 Å². The summed E-state index contributed by atoms with van der Waals surface area (Å²) in [5, 5.41) is 4.29. The lowest BCUT2D eigenvalue weighted by Gasteiger charge is -2.19. The van der Waals surface area contributed by atoms with Gasteiger partial charge in [-0.3, -0.25) is 4.98 Å². The van der Waals surface area contributed by atoms with E-state index in [1.54, 1.807) is 24.5 Å². The van der Waals surface area contributed by atoms with Gasteiger partial charge in [-0.25, -0.2) is 4.39 Å². The number of rotatable bonds is 5. The van der Waals surface area contributed by atoms with Gasteiger partial charge in [0.1, 0.15) is 5.82 Å². The maximum Gasteiger partial charge on any atom is 0.127 e. The summed E-state index contributed by atoms with van der Waals surface area (Å²) in [4.78, 5) is 3.97. The smallest absolute Gasteiger partial charge is 0.127 e. The minimum absolute atomic E-state index is 0.0637. The second-order valence-corrected chi connectivity index (χ2v) is 5.29. The molecule has 0 aliphatic carbocycles. The Bertz CT molecular complexity index is 590. The molecular formula is C15H15Cl2FN2. The van der Waals surface area contributed by atoms with Crippen molar-refractivity contribution >= 4 is 23.2 Å². The van der Waals surface area contributed by atoms with E-state index in [1.165, 1.54) is 6.07 Å². The molecule has 0 aliphatic heterocycles. The van der Waals surface area contributed by atoms with Gasteiger partial charge in [0.05, 0.1) is 5.02 Å². The summed E-state index contributed by atoms with van der Waals surface area (Å²) < 4.78 is 13.9. The minimum atomic E-state index is -0.300. The van der Waals surface area contributed by atoms with Crippen molar-refractivity contribution in [1.29, 1.82) is 0 Å². The molecule has 2 aromatic rings. The average Bonchev–Trinajstić information content (AvgIpc) is 2.42. The third-order valence-corrected chi connectivity index (χ3v) is 3.62. The number of nitrogens with zero attached hydrogens (tertiary/aromatic N) is 1. The predicted molar refractivity (Wildman–Crippen MR) is 80.8 cm³/mol. The number of likely N-dealkylation sites (N-methyl/N-ethyl adjacent to an activating group) is 1. The minimum Gasteiger partial charge on any atom is -0.310 e. The molecule has 1 unspecified atom stereocenters. The number of pyridine rings is 1. The van der Waals surface area contributed by atoms with Gasteiger partial charge in [-0.05, 0) is 42.3 Å². The van der Waals surface area contributed by atoms with Crippen molar-refractivity contribution < 1.29 is 4.39 Å². The van der Waals surface area contributed by atoms with Gasteiger partial charge >= 0.3 is 0 Å². The highest BCUT2D eigenvalue weighted by Crippen LogP contribution is 2.26. The van der Waals surface area contributed by atoms with E-state index >= 15 is 0 Å². The quantitative estimate of drug-likeness (QED) is 0.884. The average molecular weight is 313 g/mol. The molecule has 0 amide bonds. The zero-order chi connectivity index (χ0) is 14.5. The molecule has 2 rings (SSSR count). The summed E-state index contributed by atoms with van der Waals surface area (Å²) in [7, 11) is 0.